The third kappa shape index (κ3) is 2.72. The van der Waals surface area contributed by atoms with Crippen LogP contribution >= 0.6 is 0 Å². The number of anilines is 1. The molecule has 88 valence electrons. The molecule has 0 aliphatic heterocycles. The molecule has 0 bridgehead atoms. The fraction of sp³-hybridized carbons (Fsp3) is 0.417. The lowest BCUT2D eigenvalue weighted by Crippen LogP contribution is -2.43. The summed E-state index contributed by atoms with van der Waals surface area (Å²) in [5.74, 6) is -0.638. The third-order valence-corrected chi connectivity index (χ3v) is 2.61. The van der Waals surface area contributed by atoms with Crippen LogP contribution in [0.15, 0.2) is 24.3 Å². The fourth-order valence-corrected chi connectivity index (χ4v) is 1.36. The summed E-state index contributed by atoms with van der Waals surface area (Å²) in [5.41, 5.74) is -0.0943. The Labute approximate surface area is 94.6 Å². The average molecular weight is 225 g/mol. The summed E-state index contributed by atoms with van der Waals surface area (Å²) in [6.07, 6.45) is 0.580. The van der Waals surface area contributed by atoms with Crippen molar-refractivity contribution in [3.63, 3.8) is 0 Å². The molecule has 0 fully saturated rings. The Morgan fingerprint density at radius 3 is 2.44 bits per heavy atom. The molecular weight excluding hydrogens is 209 g/mol. The van der Waals surface area contributed by atoms with Crippen molar-refractivity contribution in [1.82, 2.24) is 0 Å². The number of nitrogens with one attached hydrogen (secondary N) is 1. The SMILES string of the molecule is CCC(C)(Nc1ccc(F)cc1)C(=O)OC. The Bertz CT molecular complexity index is 364. The second-order valence-electron chi connectivity index (χ2n) is 3.81. The van der Waals surface area contributed by atoms with Gasteiger partial charge in [-0.15, -0.1) is 0 Å². The molecule has 0 aliphatic carbocycles. The molecule has 1 unspecified atom stereocenters. The summed E-state index contributed by atoms with van der Waals surface area (Å²) in [5, 5.41) is 3.04. The lowest BCUT2D eigenvalue weighted by atomic mass is 9.98. The molecule has 3 nitrogen and oxygen atoms in total. The average Bonchev–Trinajstić information content (AvgIpc) is 2.31. The third-order valence-electron chi connectivity index (χ3n) is 2.61. The molecule has 1 aromatic carbocycles. The number of ether oxygens (including phenoxy) is 1. The van der Waals surface area contributed by atoms with Crippen LogP contribution in [0.3, 0.4) is 0 Å². The second kappa shape index (κ2) is 4.96. The van der Waals surface area contributed by atoms with Crippen molar-refractivity contribution in [2.75, 3.05) is 12.4 Å². The maximum absolute atomic E-state index is 12.7. The first-order chi connectivity index (χ1) is 7.51. The zero-order chi connectivity index (χ0) is 12.2. The molecule has 0 spiro atoms. The van der Waals surface area contributed by atoms with Crippen LogP contribution in [-0.2, 0) is 9.53 Å². The number of carbonyl (C=O) groups is 1. The van der Waals surface area contributed by atoms with E-state index in [1.807, 2.05) is 6.92 Å². The first-order valence-electron chi connectivity index (χ1n) is 5.14. The van der Waals surface area contributed by atoms with E-state index >= 15 is 0 Å². The first kappa shape index (κ1) is 12.5. The van der Waals surface area contributed by atoms with E-state index in [0.717, 1.165) is 0 Å². The molecule has 1 aromatic rings. The van der Waals surface area contributed by atoms with Gasteiger partial charge in [0.05, 0.1) is 7.11 Å². The Hall–Kier alpha value is -1.58. The summed E-state index contributed by atoms with van der Waals surface area (Å²) >= 11 is 0. The quantitative estimate of drug-likeness (QED) is 0.800. The Morgan fingerprint density at radius 1 is 1.44 bits per heavy atom. The second-order valence-corrected chi connectivity index (χ2v) is 3.81. The van der Waals surface area contributed by atoms with Gasteiger partial charge in [-0.2, -0.15) is 0 Å². The van der Waals surface area contributed by atoms with Crippen LogP contribution in [0.4, 0.5) is 10.1 Å². The predicted octanol–water partition coefficient (Wildman–Crippen LogP) is 2.58. The molecule has 0 aliphatic rings. The molecule has 0 aromatic heterocycles. The summed E-state index contributed by atoms with van der Waals surface area (Å²) in [4.78, 5) is 11.6. The molecule has 0 saturated carbocycles. The number of benzene rings is 1. The monoisotopic (exact) mass is 225 g/mol. The van der Waals surface area contributed by atoms with E-state index in [-0.39, 0.29) is 11.8 Å². The molecule has 1 atom stereocenters. The van der Waals surface area contributed by atoms with Crippen LogP contribution in [0.25, 0.3) is 0 Å². The number of halogens is 1. The summed E-state index contributed by atoms with van der Waals surface area (Å²) < 4.78 is 17.4. The number of methoxy groups -OCH3 is 1. The van der Waals surface area contributed by atoms with Crippen molar-refractivity contribution >= 4 is 11.7 Å². The van der Waals surface area contributed by atoms with Crippen LogP contribution < -0.4 is 5.32 Å². The lowest BCUT2D eigenvalue weighted by molar-refractivity contribution is -0.145. The lowest BCUT2D eigenvalue weighted by Gasteiger charge is -2.27. The summed E-state index contributed by atoms with van der Waals surface area (Å²) in [6.45, 7) is 3.63. The molecule has 0 heterocycles. The smallest absolute Gasteiger partial charge is 0.331 e. The summed E-state index contributed by atoms with van der Waals surface area (Å²) in [6, 6.07) is 5.86. The molecular formula is C12H16FNO2. The molecule has 1 rings (SSSR count). The van der Waals surface area contributed by atoms with Crippen LogP contribution in [0.1, 0.15) is 20.3 Å². The van der Waals surface area contributed by atoms with Crippen LogP contribution in [-0.4, -0.2) is 18.6 Å². The van der Waals surface area contributed by atoms with E-state index in [1.165, 1.54) is 19.2 Å². The number of rotatable bonds is 4. The Kier molecular flexibility index (Phi) is 3.88. The minimum Gasteiger partial charge on any atom is -0.467 e. The predicted molar refractivity (Wildman–Crippen MR) is 60.7 cm³/mol. The van der Waals surface area contributed by atoms with Crippen molar-refractivity contribution in [2.24, 2.45) is 0 Å². The standard InChI is InChI=1S/C12H16FNO2/c1-4-12(2,11(15)16-3)14-10-7-5-9(13)6-8-10/h5-8,14H,4H2,1-3H3. The number of hydrogen-bond donors (Lipinski definition) is 1. The van der Waals surface area contributed by atoms with Gasteiger partial charge in [-0.05, 0) is 37.6 Å². The highest BCUT2D eigenvalue weighted by molar-refractivity contribution is 5.83. The van der Waals surface area contributed by atoms with Gasteiger partial charge in [-0.3, -0.25) is 0 Å². The maximum Gasteiger partial charge on any atom is 0.331 e. The zero-order valence-corrected chi connectivity index (χ0v) is 9.71. The van der Waals surface area contributed by atoms with Gasteiger partial charge < -0.3 is 10.1 Å². The van der Waals surface area contributed by atoms with Crippen molar-refractivity contribution in [1.29, 1.82) is 0 Å². The van der Waals surface area contributed by atoms with Gasteiger partial charge in [0.2, 0.25) is 0 Å². The molecule has 1 N–H and O–H groups in total. The Morgan fingerprint density at radius 2 is 2.00 bits per heavy atom. The van der Waals surface area contributed by atoms with Crippen molar-refractivity contribution in [2.45, 2.75) is 25.8 Å². The van der Waals surface area contributed by atoms with Crippen molar-refractivity contribution in [3.05, 3.63) is 30.1 Å². The molecule has 0 amide bonds. The largest absolute Gasteiger partial charge is 0.467 e. The maximum atomic E-state index is 12.7. The van der Waals surface area contributed by atoms with E-state index in [2.05, 4.69) is 5.32 Å². The fourth-order valence-electron chi connectivity index (χ4n) is 1.36. The summed E-state index contributed by atoms with van der Waals surface area (Å²) in [7, 11) is 1.35. The van der Waals surface area contributed by atoms with Gasteiger partial charge in [0, 0.05) is 5.69 Å². The van der Waals surface area contributed by atoms with Crippen LogP contribution in [0.2, 0.25) is 0 Å². The van der Waals surface area contributed by atoms with Gasteiger partial charge in [0.15, 0.2) is 0 Å². The number of esters is 1. The minimum atomic E-state index is -0.785. The van der Waals surface area contributed by atoms with E-state index < -0.39 is 5.54 Å². The molecule has 4 heteroatoms. The normalized spacial score (nSPS) is 14.0. The van der Waals surface area contributed by atoms with E-state index in [0.29, 0.717) is 12.1 Å². The van der Waals surface area contributed by atoms with Gasteiger partial charge in [-0.1, -0.05) is 6.92 Å². The number of carbonyl (C=O) groups excluding carboxylic acids is 1. The van der Waals surface area contributed by atoms with Gasteiger partial charge >= 0.3 is 5.97 Å². The van der Waals surface area contributed by atoms with E-state index in [1.54, 1.807) is 19.1 Å². The van der Waals surface area contributed by atoms with Crippen molar-refractivity contribution in [3.8, 4) is 0 Å². The molecule has 0 radical (unpaired) electrons. The zero-order valence-electron chi connectivity index (χ0n) is 9.71. The van der Waals surface area contributed by atoms with Crippen LogP contribution in [0.5, 0.6) is 0 Å². The van der Waals surface area contributed by atoms with Crippen LogP contribution in [0, 0.1) is 5.82 Å². The topological polar surface area (TPSA) is 38.3 Å². The first-order valence-corrected chi connectivity index (χ1v) is 5.14. The Balaban J connectivity index is 2.84. The van der Waals surface area contributed by atoms with Gasteiger partial charge in [0.1, 0.15) is 11.4 Å². The van der Waals surface area contributed by atoms with E-state index in [9.17, 15) is 9.18 Å². The number of hydrogen-bond acceptors (Lipinski definition) is 3. The van der Waals surface area contributed by atoms with E-state index in [4.69, 9.17) is 4.74 Å². The minimum absolute atomic E-state index is 0.304. The van der Waals surface area contributed by atoms with Gasteiger partial charge in [0.25, 0.3) is 0 Å². The molecule has 16 heavy (non-hydrogen) atoms. The highest BCUT2D eigenvalue weighted by Gasteiger charge is 2.32. The highest BCUT2D eigenvalue weighted by atomic mass is 19.1. The van der Waals surface area contributed by atoms with Gasteiger partial charge in [-0.25, -0.2) is 9.18 Å². The highest BCUT2D eigenvalue weighted by Crippen LogP contribution is 2.20. The van der Waals surface area contributed by atoms with Crippen molar-refractivity contribution < 1.29 is 13.9 Å². The molecule has 0 saturated heterocycles.